The Morgan fingerprint density at radius 1 is 0.875 bits per heavy atom. The number of aromatic nitrogens is 3. The first-order valence-electron chi connectivity index (χ1n) is 10.9. The molecule has 156 valence electrons. The molecule has 0 fully saturated rings. The first kappa shape index (κ1) is 18.6. The van der Waals surface area contributed by atoms with E-state index >= 15 is 0 Å². The highest BCUT2D eigenvalue weighted by Gasteiger charge is 2.19. The number of nitrogens with zero attached hydrogens (tertiary/aromatic N) is 2. The average molecular weight is 419 g/mol. The third-order valence-electron chi connectivity index (χ3n) is 6.31. The number of carbonyl (C=O) groups is 1. The maximum Gasteiger partial charge on any atom is 0.163 e. The quantitative estimate of drug-likeness (QED) is 0.389. The summed E-state index contributed by atoms with van der Waals surface area (Å²) in [6, 6.07) is 22.8. The third kappa shape index (κ3) is 3.10. The Morgan fingerprint density at radius 2 is 1.75 bits per heavy atom. The summed E-state index contributed by atoms with van der Waals surface area (Å²) in [5.41, 5.74) is 14.4. The fraction of sp³-hybridized carbons (Fsp3) is 0.111. The van der Waals surface area contributed by atoms with E-state index in [9.17, 15) is 4.79 Å². The molecule has 6 rings (SSSR count). The van der Waals surface area contributed by atoms with Crippen LogP contribution in [0.1, 0.15) is 28.8 Å². The van der Waals surface area contributed by atoms with Crippen molar-refractivity contribution in [1.29, 1.82) is 0 Å². The Labute approximate surface area is 185 Å². The third-order valence-corrected chi connectivity index (χ3v) is 6.31. The van der Waals surface area contributed by atoms with Gasteiger partial charge in [-0.1, -0.05) is 42.5 Å². The van der Waals surface area contributed by atoms with Gasteiger partial charge in [-0.2, -0.15) is 5.10 Å². The van der Waals surface area contributed by atoms with E-state index in [1.165, 1.54) is 5.39 Å². The highest BCUT2D eigenvalue weighted by atomic mass is 16.1. The average Bonchev–Trinajstić information content (AvgIpc) is 3.45. The summed E-state index contributed by atoms with van der Waals surface area (Å²) in [6.45, 7) is 0. The predicted octanol–water partition coefficient (Wildman–Crippen LogP) is 5.79. The molecule has 5 aromatic rings. The lowest BCUT2D eigenvalue weighted by molar-refractivity contribution is 0.0972. The molecular weight excluding hydrogens is 396 g/mol. The van der Waals surface area contributed by atoms with Crippen molar-refractivity contribution in [1.82, 2.24) is 14.8 Å². The first-order chi connectivity index (χ1) is 15.7. The number of ketones is 1. The lowest BCUT2D eigenvalue weighted by atomic mass is 9.88. The van der Waals surface area contributed by atoms with E-state index in [1.54, 1.807) is 0 Å². The number of carbonyl (C=O) groups excluding carboxylic acids is 1. The van der Waals surface area contributed by atoms with Crippen LogP contribution in [0.4, 0.5) is 5.82 Å². The number of hydrogen-bond acceptors (Lipinski definition) is 3. The van der Waals surface area contributed by atoms with Crippen molar-refractivity contribution in [3.05, 3.63) is 90.3 Å². The zero-order valence-corrected chi connectivity index (χ0v) is 17.5. The number of anilines is 1. The van der Waals surface area contributed by atoms with Crippen LogP contribution in [-0.2, 0) is 6.42 Å². The summed E-state index contributed by atoms with van der Waals surface area (Å²) >= 11 is 0. The molecular formula is C27H22N4O. The minimum atomic E-state index is 0.232. The molecule has 0 saturated carbocycles. The molecule has 0 unspecified atom stereocenters. The lowest BCUT2D eigenvalue weighted by Gasteiger charge is -2.15. The standard InChI is InChI=1S/C27H22N4O/c28-27-24(21-9-10-23-20(13-21)4-2-6-26(23)32)16-31(30-27)22-5-1-3-18(14-22)19-8-7-17-11-12-29-25(17)15-19/h1,3,5,7-16,29H,2,4,6H2,(H2,28,30). The highest BCUT2D eigenvalue weighted by Crippen LogP contribution is 2.32. The van der Waals surface area contributed by atoms with Crippen molar-refractivity contribution in [2.24, 2.45) is 0 Å². The molecule has 0 bridgehead atoms. The molecule has 0 atom stereocenters. The molecule has 1 aliphatic rings. The van der Waals surface area contributed by atoms with E-state index in [2.05, 4.69) is 52.5 Å². The van der Waals surface area contributed by atoms with Crippen molar-refractivity contribution in [2.75, 3.05) is 5.73 Å². The number of nitrogens with one attached hydrogen (secondary N) is 1. The molecule has 0 saturated heterocycles. The monoisotopic (exact) mass is 418 g/mol. The molecule has 2 heterocycles. The minimum Gasteiger partial charge on any atom is -0.382 e. The molecule has 2 aromatic heterocycles. The number of aromatic amines is 1. The van der Waals surface area contributed by atoms with Gasteiger partial charge in [0.05, 0.1) is 5.69 Å². The maximum absolute atomic E-state index is 12.2. The Bertz CT molecular complexity index is 1490. The SMILES string of the molecule is Nc1nn(-c2cccc(-c3ccc4cc[nH]c4c3)c2)cc1-c1ccc2c(c1)CCCC2=O. The number of hydrogen-bond donors (Lipinski definition) is 2. The summed E-state index contributed by atoms with van der Waals surface area (Å²) < 4.78 is 1.83. The Balaban J connectivity index is 1.37. The van der Waals surface area contributed by atoms with Crippen LogP contribution < -0.4 is 5.73 Å². The van der Waals surface area contributed by atoms with Crippen LogP contribution in [-0.4, -0.2) is 20.5 Å². The van der Waals surface area contributed by atoms with Crippen LogP contribution in [0.5, 0.6) is 0 Å². The number of nitrogen functional groups attached to an aromatic ring is 1. The van der Waals surface area contributed by atoms with Crippen LogP contribution in [0, 0.1) is 0 Å². The van der Waals surface area contributed by atoms with E-state index in [-0.39, 0.29) is 5.78 Å². The Hall–Kier alpha value is -4.12. The number of Topliss-reactive ketones (excluding diaryl/α,β-unsaturated/α-hetero) is 1. The number of aryl methyl sites for hydroxylation is 1. The molecule has 5 heteroatoms. The molecule has 1 aliphatic carbocycles. The van der Waals surface area contributed by atoms with Gasteiger partial charge in [0, 0.05) is 35.5 Å². The van der Waals surface area contributed by atoms with E-state index in [0.29, 0.717) is 12.2 Å². The summed E-state index contributed by atoms with van der Waals surface area (Å²) in [7, 11) is 0. The van der Waals surface area contributed by atoms with Gasteiger partial charge >= 0.3 is 0 Å². The van der Waals surface area contributed by atoms with E-state index in [0.717, 1.165) is 57.4 Å². The van der Waals surface area contributed by atoms with E-state index < -0.39 is 0 Å². The Morgan fingerprint density at radius 3 is 2.69 bits per heavy atom. The molecule has 0 radical (unpaired) electrons. The molecule has 0 spiro atoms. The summed E-state index contributed by atoms with van der Waals surface area (Å²) in [5.74, 6) is 0.709. The normalized spacial score (nSPS) is 13.4. The van der Waals surface area contributed by atoms with Crippen molar-refractivity contribution in [2.45, 2.75) is 19.3 Å². The molecule has 3 N–H and O–H groups in total. The number of H-pyrrole nitrogens is 1. The maximum atomic E-state index is 12.2. The number of fused-ring (bicyclic) bond motifs is 2. The molecule has 0 amide bonds. The smallest absolute Gasteiger partial charge is 0.163 e. The van der Waals surface area contributed by atoms with Gasteiger partial charge in [-0.05, 0) is 64.7 Å². The van der Waals surface area contributed by atoms with Gasteiger partial charge < -0.3 is 10.7 Å². The highest BCUT2D eigenvalue weighted by molar-refractivity contribution is 5.99. The minimum absolute atomic E-state index is 0.232. The largest absolute Gasteiger partial charge is 0.382 e. The lowest BCUT2D eigenvalue weighted by Crippen LogP contribution is -2.10. The van der Waals surface area contributed by atoms with Crippen LogP contribution in [0.25, 0.3) is 38.8 Å². The fourth-order valence-electron chi connectivity index (χ4n) is 4.61. The predicted molar refractivity (Wildman–Crippen MR) is 128 cm³/mol. The van der Waals surface area contributed by atoms with E-state index in [4.69, 9.17) is 5.73 Å². The van der Waals surface area contributed by atoms with Gasteiger partial charge in [0.1, 0.15) is 0 Å². The molecule has 3 aromatic carbocycles. The zero-order valence-electron chi connectivity index (χ0n) is 17.5. The van der Waals surface area contributed by atoms with Crippen molar-refractivity contribution >= 4 is 22.5 Å². The number of benzene rings is 3. The Kier molecular flexibility index (Phi) is 4.21. The molecule has 32 heavy (non-hydrogen) atoms. The summed E-state index contributed by atoms with van der Waals surface area (Å²) in [6.07, 6.45) is 6.39. The molecule has 0 aliphatic heterocycles. The first-order valence-corrected chi connectivity index (χ1v) is 10.9. The van der Waals surface area contributed by atoms with Crippen LogP contribution in [0.3, 0.4) is 0 Å². The van der Waals surface area contributed by atoms with Crippen LogP contribution in [0.2, 0.25) is 0 Å². The second-order valence-corrected chi connectivity index (χ2v) is 8.35. The van der Waals surface area contributed by atoms with Gasteiger partial charge in [0.25, 0.3) is 0 Å². The van der Waals surface area contributed by atoms with E-state index in [1.807, 2.05) is 41.3 Å². The van der Waals surface area contributed by atoms with Gasteiger partial charge in [-0.25, -0.2) is 4.68 Å². The van der Waals surface area contributed by atoms with Gasteiger partial charge in [0.15, 0.2) is 11.6 Å². The molecule has 5 nitrogen and oxygen atoms in total. The van der Waals surface area contributed by atoms with Crippen molar-refractivity contribution in [3.8, 4) is 27.9 Å². The topological polar surface area (TPSA) is 76.7 Å². The second-order valence-electron chi connectivity index (χ2n) is 8.35. The van der Waals surface area contributed by atoms with Crippen molar-refractivity contribution < 1.29 is 4.79 Å². The summed E-state index contributed by atoms with van der Waals surface area (Å²) in [4.78, 5) is 15.4. The second kappa shape index (κ2) is 7.24. The van der Waals surface area contributed by atoms with Gasteiger partial charge in [0.2, 0.25) is 0 Å². The van der Waals surface area contributed by atoms with Gasteiger partial charge in [-0.3, -0.25) is 4.79 Å². The fourth-order valence-corrected chi connectivity index (χ4v) is 4.61. The van der Waals surface area contributed by atoms with Crippen molar-refractivity contribution in [3.63, 3.8) is 0 Å². The van der Waals surface area contributed by atoms with Crippen LogP contribution >= 0.6 is 0 Å². The van der Waals surface area contributed by atoms with Gasteiger partial charge in [-0.15, -0.1) is 0 Å². The zero-order chi connectivity index (χ0) is 21.7. The number of nitrogens with two attached hydrogens (primary N) is 1. The summed E-state index contributed by atoms with van der Waals surface area (Å²) in [5, 5.41) is 5.78. The van der Waals surface area contributed by atoms with Crippen LogP contribution in [0.15, 0.2) is 79.1 Å². The number of rotatable bonds is 3.